The minimum atomic E-state index is -0.900. The van der Waals surface area contributed by atoms with Crippen molar-refractivity contribution < 1.29 is 9.90 Å². The van der Waals surface area contributed by atoms with Crippen LogP contribution in [0.25, 0.3) is 11.0 Å². The predicted molar refractivity (Wildman–Crippen MR) is 82.6 cm³/mol. The summed E-state index contributed by atoms with van der Waals surface area (Å²) in [6.07, 6.45) is 5.70. The third kappa shape index (κ3) is 2.43. The Morgan fingerprint density at radius 1 is 1.43 bits per heavy atom. The van der Waals surface area contributed by atoms with E-state index in [4.69, 9.17) is 0 Å². The van der Waals surface area contributed by atoms with E-state index >= 15 is 0 Å². The van der Waals surface area contributed by atoms with E-state index < -0.39 is 5.97 Å². The molecule has 0 saturated heterocycles. The van der Waals surface area contributed by atoms with E-state index in [9.17, 15) is 9.90 Å². The van der Waals surface area contributed by atoms with Crippen molar-refractivity contribution in [3.63, 3.8) is 0 Å². The summed E-state index contributed by atoms with van der Waals surface area (Å²) in [6.45, 7) is 5.40. The standard InChI is InChI=1S/C17H22N2O2/c1-3-6-14-18-15-12(16(20)21)7-4-8-13(15)19(14)11-17(2)9-5-10-17/h4,7-8H,3,5-6,9-11H2,1-2H3,(H,20,21). The van der Waals surface area contributed by atoms with Crippen molar-refractivity contribution in [1.29, 1.82) is 0 Å². The highest BCUT2D eigenvalue weighted by molar-refractivity contribution is 6.01. The van der Waals surface area contributed by atoms with Crippen LogP contribution in [-0.2, 0) is 13.0 Å². The number of fused-ring (bicyclic) bond motifs is 1. The van der Waals surface area contributed by atoms with Gasteiger partial charge in [0.05, 0.1) is 11.1 Å². The monoisotopic (exact) mass is 286 g/mol. The minimum Gasteiger partial charge on any atom is -0.478 e. The highest BCUT2D eigenvalue weighted by atomic mass is 16.4. The van der Waals surface area contributed by atoms with Gasteiger partial charge in [-0.05, 0) is 36.8 Å². The van der Waals surface area contributed by atoms with E-state index in [2.05, 4.69) is 23.4 Å². The summed E-state index contributed by atoms with van der Waals surface area (Å²) >= 11 is 0. The molecule has 21 heavy (non-hydrogen) atoms. The maximum absolute atomic E-state index is 11.4. The van der Waals surface area contributed by atoms with Crippen molar-refractivity contribution in [1.82, 2.24) is 9.55 Å². The molecule has 0 spiro atoms. The number of rotatable bonds is 5. The Kier molecular flexibility index (Phi) is 3.47. The van der Waals surface area contributed by atoms with Gasteiger partial charge in [0.25, 0.3) is 0 Å². The summed E-state index contributed by atoms with van der Waals surface area (Å²) in [5.41, 5.74) is 2.25. The number of imidazole rings is 1. The van der Waals surface area contributed by atoms with Gasteiger partial charge < -0.3 is 9.67 Å². The minimum absolute atomic E-state index is 0.308. The molecule has 3 rings (SSSR count). The SMILES string of the molecule is CCCc1nc2c(C(=O)O)cccc2n1CC1(C)CCC1. The maximum Gasteiger partial charge on any atom is 0.337 e. The first kappa shape index (κ1) is 14.1. The Balaban J connectivity index is 2.13. The van der Waals surface area contributed by atoms with Crippen molar-refractivity contribution in [2.45, 2.75) is 52.5 Å². The van der Waals surface area contributed by atoms with Crippen LogP contribution in [0.1, 0.15) is 55.7 Å². The van der Waals surface area contributed by atoms with E-state index in [0.717, 1.165) is 30.7 Å². The first-order chi connectivity index (χ1) is 10.0. The molecule has 0 radical (unpaired) electrons. The molecular formula is C17H22N2O2. The number of aromatic nitrogens is 2. The molecule has 1 fully saturated rings. The van der Waals surface area contributed by atoms with Gasteiger partial charge in [0.2, 0.25) is 0 Å². The number of aryl methyl sites for hydroxylation is 1. The molecule has 1 aliphatic rings. The van der Waals surface area contributed by atoms with Crippen molar-refractivity contribution >= 4 is 17.0 Å². The van der Waals surface area contributed by atoms with Gasteiger partial charge >= 0.3 is 5.97 Å². The first-order valence-electron chi connectivity index (χ1n) is 7.75. The quantitative estimate of drug-likeness (QED) is 0.907. The van der Waals surface area contributed by atoms with E-state index in [1.807, 2.05) is 12.1 Å². The molecule has 1 N–H and O–H groups in total. The molecule has 4 heteroatoms. The Hall–Kier alpha value is -1.84. The van der Waals surface area contributed by atoms with Crippen molar-refractivity contribution in [2.24, 2.45) is 5.41 Å². The molecule has 1 heterocycles. The summed E-state index contributed by atoms with van der Waals surface area (Å²) in [5.74, 6) is 0.123. The van der Waals surface area contributed by atoms with Crippen LogP contribution in [0, 0.1) is 5.41 Å². The van der Waals surface area contributed by atoms with Gasteiger partial charge in [-0.1, -0.05) is 26.3 Å². The van der Waals surface area contributed by atoms with E-state index in [1.54, 1.807) is 6.07 Å². The second kappa shape index (κ2) is 5.17. The lowest BCUT2D eigenvalue weighted by molar-refractivity contribution is 0.0699. The van der Waals surface area contributed by atoms with Crippen LogP contribution >= 0.6 is 0 Å². The van der Waals surface area contributed by atoms with Crippen LogP contribution in [0.15, 0.2) is 18.2 Å². The number of carboxylic acid groups (broad SMARTS) is 1. The fourth-order valence-electron chi connectivity index (χ4n) is 3.28. The number of hydrogen-bond acceptors (Lipinski definition) is 2. The summed E-state index contributed by atoms with van der Waals surface area (Å²) in [4.78, 5) is 16.0. The normalized spacial score (nSPS) is 16.9. The molecule has 2 aromatic rings. The molecule has 4 nitrogen and oxygen atoms in total. The number of nitrogens with zero attached hydrogens (tertiary/aromatic N) is 2. The zero-order chi connectivity index (χ0) is 15.0. The number of aromatic carboxylic acids is 1. The first-order valence-corrected chi connectivity index (χ1v) is 7.75. The van der Waals surface area contributed by atoms with Gasteiger partial charge in [-0.3, -0.25) is 0 Å². The summed E-state index contributed by atoms with van der Waals surface area (Å²) < 4.78 is 2.25. The zero-order valence-electron chi connectivity index (χ0n) is 12.7. The second-order valence-electron chi connectivity index (χ2n) is 6.51. The molecule has 1 aromatic carbocycles. The van der Waals surface area contributed by atoms with Gasteiger partial charge in [-0.2, -0.15) is 0 Å². The summed E-state index contributed by atoms with van der Waals surface area (Å²) in [7, 11) is 0. The molecule has 112 valence electrons. The number of para-hydroxylation sites is 1. The molecule has 0 bridgehead atoms. The lowest BCUT2D eigenvalue weighted by atomic mass is 9.70. The lowest BCUT2D eigenvalue weighted by Crippen LogP contribution is -2.31. The van der Waals surface area contributed by atoms with E-state index in [1.165, 1.54) is 19.3 Å². The number of hydrogen-bond donors (Lipinski definition) is 1. The Morgan fingerprint density at radius 3 is 2.76 bits per heavy atom. The second-order valence-corrected chi connectivity index (χ2v) is 6.51. The van der Waals surface area contributed by atoms with Crippen LogP contribution in [0.3, 0.4) is 0 Å². The van der Waals surface area contributed by atoms with Gasteiger partial charge in [-0.15, -0.1) is 0 Å². The van der Waals surface area contributed by atoms with Crippen molar-refractivity contribution in [2.75, 3.05) is 0 Å². The highest BCUT2D eigenvalue weighted by Gasteiger charge is 2.33. The highest BCUT2D eigenvalue weighted by Crippen LogP contribution is 2.42. The lowest BCUT2D eigenvalue weighted by Gasteiger charge is -2.39. The van der Waals surface area contributed by atoms with Crippen LogP contribution < -0.4 is 0 Å². The Morgan fingerprint density at radius 2 is 2.19 bits per heavy atom. The van der Waals surface area contributed by atoms with Crippen molar-refractivity contribution in [3.8, 4) is 0 Å². The Labute approximate surface area is 124 Å². The number of carbonyl (C=O) groups is 1. The molecule has 0 unspecified atom stereocenters. The third-order valence-electron chi connectivity index (χ3n) is 4.66. The molecule has 0 atom stereocenters. The fraction of sp³-hybridized carbons (Fsp3) is 0.529. The number of carboxylic acids is 1. The van der Waals surface area contributed by atoms with E-state index in [0.29, 0.717) is 16.5 Å². The largest absolute Gasteiger partial charge is 0.478 e. The molecule has 1 aliphatic carbocycles. The summed E-state index contributed by atoms with van der Waals surface area (Å²) in [6, 6.07) is 5.46. The maximum atomic E-state index is 11.4. The summed E-state index contributed by atoms with van der Waals surface area (Å²) in [5, 5.41) is 9.35. The average molecular weight is 286 g/mol. The van der Waals surface area contributed by atoms with Gasteiger partial charge in [-0.25, -0.2) is 9.78 Å². The van der Waals surface area contributed by atoms with Gasteiger partial charge in [0, 0.05) is 13.0 Å². The van der Waals surface area contributed by atoms with Crippen LogP contribution in [0.4, 0.5) is 0 Å². The number of benzene rings is 1. The van der Waals surface area contributed by atoms with Crippen LogP contribution in [0.5, 0.6) is 0 Å². The van der Waals surface area contributed by atoms with Crippen LogP contribution in [-0.4, -0.2) is 20.6 Å². The van der Waals surface area contributed by atoms with Crippen LogP contribution in [0.2, 0.25) is 0 Å². The predicted octanol–water partition coefficient (Wildman–Crippen LogP) is 3.88. The topological polar surface area (TPSA) is 55.1 Å². The third-order valence-corrected chi connectivity index (χ3v) is 4.66. The molecular weight excluding hydrogens is 264 g/mol. The smallest absolute Gasteiger partial charge is 0.337 e. The molecule has 1 aromatic heterocycles. The van der Waals surface area contributed by atoms with Crippen molar-refractivity contribution in [3.05, 3.63) is 29.6 Å². The average Bonchev–Trinajstić information content (AvgIpc) is 2.75. The zero-order valence-corrected chi connectivity index (χ0v) is 12.7. The molecule has 0 amide bonds. The van der Waals surface area contributed by atoms with Gasteiger partial charge in [0.15, 0.2) is 0 Å². The Bertz CT molecular complexity index is 683. The fourth-order valence-corrected chi connectivity index (χ4v) is 3.28. The molecule has 1 saturated carbocycles. The molecule has 0 aliphatic heterocycles. The van der Waals surface area contributed by atoms with E-state index in [-0.39, 0.29) is 0 Å². The van der Waals surface area contributed by atoms with Gasteiger partial charge in [0.1, 0.15) is 11.3 Å².